The molecule has 0 spiro atoms. The van der Waals surface area contributed by atoms with Crippen LogP contribution in [0.5, 0.6) is 0 Å². The molecular formula is C14H22N2O2. The van der Waals surface area contributed by atoms with Crippen LogP contribution in [0.3, 0.4) is 0 Å². The molecule has 0 fully saturated rings. The van der Waals surface area contributed by atoms with Crippen LogP contribution >= 0.6 is 0 Å². The number of rotatable bonds is 6. The minimum Gasteiger partial charge on any atom is -0.477 e. The van der Waals surface area contributed by atoms with E-state index < -0.39 is 5.97 Å². The number of anilines is 1. The zero-order valence-corrected chi connectivity index (χ0v) is 11.5. The summed E-state index contributed by atoms with van der Waals surface area (Å²) in [7, 11) is 0. The predicted octanol–water partition coefficient (Wildman–Crippen LogP) is 3.12. The summed E-state index contributed by atoms with van der Waals surface area (Å²) < 4.78 is 0. The minimum absolute atomic E-state index is 0.0747. The summed E-state index contributed by atoms with van der Waals surface area (Å²) >= 11 is 0. The van der Waals surface area contributed by atoms with Crippen molar-refractivity contribution in [2.75, 3.05) is 11.9 Å². The van der Waals surface area contributed by atoms with Crippen LogP contribution < -0.4 is 5.32 Å². The third-order valence-electron chi connectivity index (χ3n) is 3.23. The molecule has 0 aliphatic carbocycles. The van der Waals surface area contributed by atoms with Crippen LogP contribution in [0.2, 0.25) is 0 Å². The molecule has 1 aromatic heterocycles. The van der Waals surface area contributed by atoms with Crippen LogP contribution in [0, 0.1) is 17.8 Å². The van der Waals surface area contributed by atoms with Crippen molar-refractivity contribution >= 4 is 11.7 Å². The summed E-state index contributed by atoms with van der Waals surface area (Å²) in [5.41, 5.74) is 0.888. The van der Waals surface area contributed by atoms with Crippen LogP contribution in [-0.2, 0) is 0 Å². The molecule has 1 heterocycles. The number of aromatic nitrogens is 1. The number of pyridine rings is 1. The quantitative estimate of drug-likeness (QED) is 0.814. The van der Waals surface area contributed by atoms with Gasteiger partial charge >= 0.3 is 5.97 Å². The van der Waals surface area contributed by atoms with E-state index in [1.54, 1.807) is 12.1 Å². The fourth-order valence-electron chi connectivity index (χ4n) is 2.13. The minimum atomic E-state index is -0.997. The van der Waals surface area contributed by atoms with Crippen molar-refractivity contribution in [2.45, 2.75) is 27.7 Å². The second-order valence-electron chi connectivity index (χ2n) is 5.27. The molecule has 0 amide bonds. The zero-order chi connectivity index (χ0) is 13.7. The van der Waals surface area contributed by atoms with E-state index in [9.17, 15) is 4.79 Å². The number of carboxylic acid groups (broad SMARTS) is 1. The van der Waals surface area contributed by atoms with E-state index in [1.807, 2.05) is 0 Å². The van der Waals surface area contributed by atoms with E-state index in [0.717, 1.165) is 12.2 Å². The Morgan fingerprint density at radius 1 is 1.33 bits per heavy atom. The average molecular weight is 250 g/mol. The molecule has 100 valence electrons. The van der Waals surface area contributed by atoms with Gasteiger partial charge in [0, 0.05) is 18.4 Å². The van der Waals surface area contributed by atoms with Gasteiger partial charge in [0.15, 0.2) is 0 Å². The second kappa shape index (κ2) is 6.38. The molecule has 0 radical (unpaired) electrons. The summed E-state index contributed by atoms with van der Waals surface area (Å²) in [6, 6.07) is 3.37. The largest absolute Gasteiger partial charge is 0.477 e. The van der Waals surface area contributed by atoms with Gasteiger partial charge in [-0.1, -0.05) is 27.7 Å². The highest BCUT2D eigenvalue weighted by Crippen LogP contribution is 2.21. The van der Waals surface area contributed by atoms with Crippen molar-refractivity contribution in [3.05, 3.63) is 24.0 Å². The maximum atomic E-state index is 10.8. The molecule has 0 atom stereocenters. The molecule has 0 bridgehead atoms. The van der Waals surface area contributed by atoms with Gasteiger partial charge < -0.3 is 10.4 Å². The summed E-state index contributed by atoms with van der Waals surface area (Å²) in [5, 5.41) is 12.2. The van der Waals surface area contributed by atoms with Crippen LogP contribution in [0.1, 0.15) is 38.2 Å². The summed E-state index contributed by atoms with van der Waals surface area (Å²) in [5.74, 6) is 0.755. The molecule has 0 saturated heterocycles. The Kier molecular flexibility index (Phi) is 5.13. The Balaban J connectivity index is 2.67. The number of nitrogens with one attached hydrogen (secondary N) is 1. The van der Waals surface area contributed by atoms with Gasteiger partial charge in [-0.2, -0.15) is 0 Å². The maximum Gasteiger partial charge on any atom is 0.354 e. The van der Waals surface area contributed by atoms with Crippen molar-refractivity contribution in [3.8, 4) is 0 Å². The Labute approximate surface area is 108 Å². The van der Waals surface area contributed by atoms with Crippen LogP contribution in [-0.4, -0.2) is 22.6 Å². The van der Waals surface area contributed by atoms with Gasteiger partial charge in [0.25, 0.3) is 0 Å². The molecule has 0 aromatic carbocycles. The molecule has 0 saturated carbocycles. The Hall–Kier alpha value is -1.58. The normalized spacial score (nSPS) is 11.3. The molecular weight excluding hydrogens is 228 g/mol. The first kappa shape index (κ1) is 14.5. The lowest BCUT2D eigenvalue weighted by Gasteiger charge is -2.25. The van der Waals surface area contributed by atoms with Gasteiger partial charge in [-0.3, -0.25) is 0 Å². The summed E-state index contributed by atoms with van der Waals surface area (Å²) in [6.07, 6.45) is 1.52. The van der Waals surface area contributed by atoms with Gasteiger partial charge in [-0.05, 0) is 29.9 Å². The molecule has 1 aromatic rings. The summed E-state index contributed by atoms with van der Waals surface area (Å²) in [4.78, 5) is 14.6. The smallest absolute Gasteiger partial charge is 0.354 e. The van der Waals surface area contributed by atoms with Crippen molar-refractivity contribution in [1.82, 2.24) is 4.98 Å². The van der Waals surface area contributed by atoms with E-state index in [0.29, 0.717) is 17.8 Å². The van der Waals surface area contributed by atoms with Gasteiger partial charge in [0.05, 0.1) is 0 Å². The Morgan fingerprint density at radius 2 is 1.94 bits per heavy atom. The first-order valence-electron chi connectivity index (χ1n) is 6.35. The third kappa shape index (κ3) is 4.02. The molecule has 0 aliphatic heterocycles. The fourth-order valence-corrected chi connectivity index (χ4v) is 2.13. The van der Waals surface area contributed by atoms with Gasteiger partial charge in [0.2, 0.25) is 0 Å². The predicted molar refractivity (Wildman–Crippen MR) is 72.9 cm³/mol. The van der Waals surface area contributed by atoms with Crippen LogP contribution in [0.15, 0.2) is 18.3 Å². The van der Waals surface area contributed by atoms with Gasteiger partial charge in [-0.15, -0.1) is 0 Å². The lowest BCUT2D eigenvalue weighted by molar-refractivity contribution is 0.0690. The Bertz CT molecular complexity index is 395. The van der Waals surface area contributed by atoms with Crippen molar-refractivity contribution < 1.29 is 9.90 Å². The number of hydrogen-bond acceptors (Lipinski definition) is 3. The number of hydrogen-bond donors (Lipinski definition) is 2. The SMILES string of the molecule is CC(C)C(CNc1ccnc(C(=O)O)c1)C(C)C. The molecule has 0 unspecified atom stereocenters. The first-order valence-corrected chi connectivity index (χ1v) is 6.35. The van der Waals surface area contributed by atoms with Crippen molar-refractivity contribution in [3.63, 3.8) is 0 Å². The van der Waals surface area contributed by atoms with E-state index in [-0.39, 0.29) is 5.69 Å². The highest BCUT2D eigenvalue weighted by Gasteiger charge is 2.17. The average Bonchev–Trinajstić information content (AvgIpc) is 2.28. The van der Waals surface area contributed by atoms with Gasteiger partial charge in [-0.25, -0.2) is 9.78 Å². The fraction of sp³-hybridized carbons (Fsp3) is 0.571. The van der Waals surface area contributed by atoms with E-state index in [2.05, 4.69) is 38.0 Å². The topological polar surface area (TPSA) is 62.2 Å². The summed E-state index contributed by atoms with van der Waals surface area (Å²) in [6.45, 7) is 9.69. The number of aromatic carboxylic acids is 1. The highest BCUT2D eigenvalue weighted by atomic mass is 16.4. The molecule has 1 rings (SSSR count). The molecule has 18 heavy (non-hydrogen) atoms. The molecule has 2 N–H and O–H groups in total. The standard InChI is InChI=1S/C14H22N2O2/c1-9(2)12(10(3)4)8-16-11-5-6-15-13(7-11)14(17)18/h5-7,9-10,12H,8H2,1-4H3,(H,15,16)(H,17,18). The highest BCUT2D eigenvalue weighted by molar-refractivity contribution is 5.86. The van der Waals surface area contributed by atoms with E-state index in [1.165, 1.54) is 6.20 Å². The number of nitrogens with zero attached hydrogens (tertiary/aromatic N) is 1. The lowest BCUT2D eigenvalue weighted by Crippen LogP contribution is -2.24. The Morgan fingerprint density at radius 3 is 2.44 bits per heavy atom. The monoisotopic (exact) mass is 250 g/mol. The van der Waals surface area contributed by atoms with Crippen molar-refractivity contribution in [2.24, 2.45) is 17.8 Å². The molecule has 4 nitrogen and oxygen atoms in total. The lowest BCUT2D eigenvalue weighted by atomic mass is 9.85. The third-order valence-corrected chi connectivity index (χ3v) is 3.23. The molecule has 4 heteroatoms. The number of carboxylic acids is 1. The van der Waals surface area contributed by atoms with Crippen LogP contribution in [0.25, 0.3) is 0 Å². The maximum absolute atomic E-state index is 10.8. The van der Waals surface area contributed by atoms with E-state index >= 15 is 0 Å². The zero-order valence-electron chi connectivity index (χ0n) is 11.5. The first-order chi connectivity index (χ1) is 8.41. The van der Waals surface area contributed by atoms with E-state index in [4.69, 9.17) is 5.11 Å². The van der Waals surface area contributed by atoms with Gasteiger partial charge in [0.1, 0.15) is 5.69 Å². The van der Waals surface area contributed by atoms with Crippen LogP contribution in [0.4, 0.5) is 5.69 Å². The van der Waals surface area contributed by atoms with Crippen molar-refractivity contribution in [1.29, 1.82) is 0 Å². The molecule has 0 aliphatic rings. The second-order valence-corrected chi connectivity index (χ2v) is 5.27. The number of carbonyl (C=O) groups is 1.